The van der Waals surface area contributed by atoms with E-state index >= 15 is 0 Å². The molecule has 0 amide bonds. The van der Waals surface area contributed by atoms with Gasteiger partial charge in [-0.3, -0.25) is 0 Å². The van der Waals surface area contributed by atoms with Crippen LogP contribution in [0.5, 0.6) is 0 Å². The number of hydrogen-bond acceptors (Lipinski definition) is 2. The predicted molar refractivity (Wildman–Crippen MR) is 136 cm³/mol. The summed E-state index contributed by atoms with van der Waals surface area (Å²) in [5, 5.41) is 0. The normalized spacial score (nSPS) is 12.2. The molecule has 31 heavy (non-hydrogen) atoms. The zero-order chi connectivity index (χ0) is 23.0. The highest BCUT2D eigenvalue weighted by Crippen LogP contribution is 2.39. The lowest BCUT2D eigenvalue weighted by Gasteiger charge is -2.32. The maximum Gasteiger partial charge on any atom is 0.0379 e. The van der Waals surface area contributed by atoms with Crippen LogP contribution in [-0.4, -0.2) is 0 Å². The molecule has 0 saturated carbocycles. The van der Waals surface area contributed by atoms with Gasteiger partial charge >= 0.3 is 0 Å². The molecule has 2 heteroatoms. The molecule has 0 heterocycles. The average Bonchev–Trinajstić information content (AvgIpc) is 2.75. The molecule has 0 spiro atoms. The highest BCUT2D eigenvalue weighted by Gasteiger charge is 2.28. The molecule has 3 aromatic carbocycles. The molecule has 0 fully saturated rings. The highest BCUT2D eigenvalue weighted by atomic mass is 14.6. The van der Waals surface area contributed by atoms with Gasteiger partial charge in [0, 0.05) is 22.2 Å². The third-order valence-corrected chi connectivity index (χ3v) is 7.13. The lowest BCUT2D eigenvalue weighted by molar-refractivity contribution is 0.616. The molecular formula is C29H38N2. The SMILES string of the molecule is CCc1cc(C(C)(C)c2cccc(C(C)(C)c3ccc(N)c(C)c3)c2)cc(CC)c1N. The Morgan fingerprint density at radius 1 is 0.645 bits per heavy atom. The molecule has 4 N–H and O–H groups in total. The Hall–Kier alpha value is -2.74. The van der Waals surface area contributed by atoms with E-state index in [9.17, 15) is 0 Å². The van der Waals surface area contributed by atoms with Gasteiger partial charge in [0.15, 0.2) is 0 Å². The number of aryl methyl sites for hydroxylation is 3. The lowest BCUT2D eigenvalue weighted by atomic mass is 9.72. The lowest BCUT2D eigenvalue weighted by Crippen LogP contribution is -2.23. The third kappa shape index (κ3) is 4.21. The van der Waals surface area contributed by atoms with Gasteiger partial charge in [-0.25, -0.2) is 0 Å². The topological polar surface area (TPSA) is 52.0 Å². The van der Waals surface area contributed by atoms with E-state index in [2.05, 4.69) is 97.0 Å². The zero-order valence-corrected chi connectivity index (χ0v) is 20.3. The van der Waals surface area contributed by atoms with Gasteiger partial charge in [-0.05, 0) is 64.8 Å². The first kappa shape index (κ1) is 22.9. The van der Waals surface area contributed by atoms with Crippen LogP contribution in [-0.2, 0) is 23.7 Å². The molecule has 0 aliphatic carbocycles. The monoisotopic (exact) mass is 414 g/mol. The second-order valence-electron chi connectivity index (χ2n) is 9.82. The van der Waals surface area contributed by atoms with Gasteiger partial charge in [0.25, 0.3) is 0 Å². The van der Waals surface area contributed by atoms with Crippen molar-refractivity contribution in [2.24, 2.45) is 0 Å². The van der Waals surface area contributed by atoms with Crippen molar-refractivity contribution in [1.29, 1.82) is 0 Å². The minimum absolute atomic E-state index is 0.116. The first-order valence-corrected chi connectivity index (χ1v) is 11.4. The van der Waals surface area contributed by atoms with Crippen LogP contribution in [0.25, 0.3) is 0 Å². The number of nitrogens with two attached hydrogens (primary N) is 2. The molecule has 0 aliphatic heterocycles. The molecular weight excluding hydrogens is 376 g/mol. The van der Waals surface area contributed by atoms with E-state index in [-0.39, 0.29) is 10.8 Å². The van der Waals surface area contributed by atoms with Gasteiger partial charge in [0.2, 0.25) is 0 Å². The van der Waals surface area contributed by atoms with Crippen LogP contribution in [0.3, 0.4) is 0 Å². The van der Waals surface area contributed by atoms with Gasteiger partial charge < -0.3 is 11.5 Å². The fourth-order valence-electron chi connectivity index (χ4n) is 4.42. The summed E-state index contributed by atoms with van der Waals surface area (Å²) < 4.78 is 0. The molecule has 0 saturated heterocycles. The quantitative estimate of drug-likeness (QED) is 0.429. The molecule has 3 rings (SSSR count). The van der Waals surface area contributed by atoms with Crippen molar-refractivity contribution in [1.82, 2.24) is 0 Å². The molecule has 0 unspecified atom stereocenters. The summed E-state index contributed by atoms with van der Waals surface area (Å²) in [6.07, 6.45) is 1.90. The molecule has 0 aliphatic rings. The van der Waals surface area contributed by atoms with Crippen LogP contribution >= 0.6 is 0 Å². The first-order valence-electron chi connectivity index (χ1n) is 11.4. The third-order valence-electron chi connectivity index (χ3n) is 7.13. The fourth-order valence-corrected chi connectivity index (χ4v) is 4.42. The van der Waals surface area contributed by atoms with Crippen molar-refractivity contribution in [3.05, 3.63) is 93.5 Å². The first-order chi connectivity index (χ1) is 14.5. The molecule has 0 aromatic heterocycles. The Morgan fingerprint density at radius 2 is 1.13 bits per heavy atom. The predicted octanol–water partition coefficient (Wildman–Crippen LogP) is 6.94. The second kappa shape index (κ2) is 8.42. The van der Waals surface area contributed by atoms with Crippen molar-refractivity contribution in [2.75, 3.05) is 11.5 Å². The van der Waals surface area contributed by atoms with Gasteiger partial charge in [-0.15, -0.1) is 0 Å². The fraction of sp³-hybridized carbons (Fsp3) is 0.379. The van der Waals surface area contributed by atoms with Gasteiger partial charge in [-0.1, -0.05) is 90.1 Å². The molecule has 164 valence electrons. The Bertz CT molecular complexity index is 1060. The van der Waals surface area contributed by atoms with E-state index in [0.717, 1.165) is 29.8 Å². The number of nitrogen functional groups attached to an aromatic ring is 2. The van der Waals surface area contributed by atoms with E-state index in [1.54, 1.807) is 0 Å². The summed E-state index contributed by atoms with van der Waals surface area (Å²) in [7, 11) is 0. The van der Waals surface area contributed by atoms with Crippen molar-refractivity contribution in [2.45, 2.75) is 72.1 Å². The molecule has 3 aromatic rings. The van der Waals surface area contributed by atoms with Crippen LogP contribution in [0.1, 0.15) is 80.5 Å². The van der Waals surface area contributed by atoms with Crippen LogP contribution in [0.2, 0.25) is 0 Å². The average molecular weight is 415 g/mol. The van der Waals surface area contributed by atoms with Crippen LogP contribution in [0.15, 0.2) is 54.6 Å². The van der Waals surface area contributed by atoms with Crippen LogP contribution in [0, 0.1) is 6.92 Å². The molecule has 0 atom stereocenters. The Balaban J connectivity index is 2.09. The summed E-state index contributed by atoms with van der Waals surface area (Å²) in [6.45, 7) is 15.6. The smallest absolute Gasteiger partial charge is 0.0379 e. The van der Waals surface area contributed by atoms with Crippen molar-refractivity contribution in [3.8, 4) is 0 Å². The molecule has 2 nitrogen and oxygen atoms in total. The van der Waals surface area contributed by atoms with E-state index < -0.39 is 0 Å². The van der Waals surface area contributed by atoms with Gasteiger partial charge in [-0.2, -0.15) is 0 Å². The summed E-state index contributed by atoms with van der Waals surface area (Å²) in [5.74, 6) is 0. The number of hydrogen-bond donors (Lipinski definition) is 2. The largest absolute Gasteiger partial charge is 0.399 e. The molecule has 0 bridgehead atoms. The van der Waals surface area contributed by atoms with Crippen molar-refractivity contribution >= 4 is 11.4 Å². The van der Waals surface area contributed by atoms with Crippen molar-refractivity contribution in [3.63, 3.8) is 0 Å². The Kier molecular flexibility index (Phi) is 6.23. The van der Waals surface area contributed by atoms with E-state index in [1.165, 1.54) is 33.4 Å². The standard InChI is InChI=1S/C29H38N2/c1-8-20-16-25(17-21(9-2)27(20)31)29(6,7)23-12-10-11-22(18-23)28(4,5)24-13-14-26(30)19(3)15-24/h10-18H,8-9,30-31H2,1-7H3. The van der Waals surface area contributed by atoms with Crippen LogP contribution < -0.4 is 11.5 Å². The minimum Gasteiger partial charge on any atom is -0.399 e. The number of benzene rings is 3. The minimum atomic E-state index is -0.120. The summed E-state index contributed by atoms with van der Waals surface area (Å²) >= 11 is 0. The maximum absolute atomic E-state index is 6.41. The number of anilines is 2. The van der Waals surface area contributed by atoms with Crippen molar-refractivity contribution < 1.29 is 0 Å². The van der Waals surface area contributed by atoms with Crippen LogP contribution in [0.4, 0.5) is 11.4 Å². The second-order valence-corrected chi connectivity index (χ2v) is 9.82. The van der Waals surface area contributed by atoms with E-state index in [0.29, 0.717) is 0 Å². The van der Waals surface area contributed by atoms with Gasteiger partial charge in [0.05, 0.1) is 0 Å². The highest BCUT2D eigenvalue weighted by molar-refractivity contribution is 5.58. The summed E-state index contributed by atoms with van der Waals surface area (Å²) in [6, 6.07) is 20.1. The summed E-state index contributed by atoms with van der Waals surface area (Å²) in [5.41, 5.74) is 22.9. The molecule has 0 radical (unpaired) electrons. The number of rotatable bonds is 6. The van der Waals surface area contributed by atoms with Gasteiger partial charge in [0.1, 0.15) is 0 Å². The Morgan fingerprint density at radius 3 is 1.61 bits per heavy atom. The maximum atomic E-state index is 6.41. The summed E-state index contributed by atoms with van der Waals surface area (Å²) in [4.78, 5) is 0. The van der Waals surface area contributed by atoms with E-state index in [4.69, 9.17) is 11.5 Å². The van der Waals surface area contributed by atoms with E-state index in [1.807, 2.05) is 6.07 Å². The zero-order valence-electron chi connectivity index (χ0n) is 20.3. The Labute approximate surface area is 188 Å².